The zero-order valence-corrected chi connectivity index (χ0v) is 10.1. The predicted molar refractivity (Wildman–Crippen MR) is 65.2 cm³/mol. The highest BCUT2D eigenvalue weighted by Crippen LogP contribution is 2.28. The van der Waals surface area contributed by atoms with Gasteiger partial charge in [-0.1, -0.05) is 12.1 Å². The Balaban J connectivity index is 2.17. The fraction of sp³-hybridized carbons (Fsp3) is 0.273. The van der Waals surface area contributed by atoms with Gasteiger partial charge in [-0.3, -0.25) is 0 Å². The van der Waals surface area contributed by atoms with E-state index < -0.39 is 0 Å². The summed E-state index contributed by atoms with van der Waals surface area (Å²) in [7, 11) is 0. The van der Waals surface area contributed by atoms with Crippen molar-refractivity contribution in [1.29, 1.82) is 0 Å². The van der Waals surface area contributed by atoms with Crippen LogP contribution in [-0.4, -0.2) is 6.61 Å². The SMILES string of the molecule is CCONC(c1cccs1)c1cccs1. The summed E-state index contributed by atoms with van der Waals surface area (Å²) in [5.74, 6) is 0. The van der Waals surface area contributed by atoms with Crippen LogP contribution in [0.4, 0.5) is 0 Å². The highest BCUT2D eigenvalue weighted by Gasteiger charge is 2.15. The topological polar surface area (TPSA) is 21.3 Å². The summed E-state index contributed by atoms with van der Waals surface area (Å²) in [6, 6.07) is 8.55. The minimum atomic E-state index is 0.171. The molecule has 0 aromatic carbocycles. The van der Waals surface area contributed by atoms with Crippen molar-refractivity contribution in [3.05, 3.63) is 44.8 Å². The summed E-state index contributed by atoms with van der Waals surface area (Å²) < 4.78 is 0. The van der Waals surface area contributed by atoms with Crippen molar-refractivity contribution in [2.45, 2.75) is 13.0 Å². The minimum Gasteiger partial charge on any atom is -0.301 e. The maximum atomic E-state index is 5.31. The molecule has 0 saturated carbocycles. The van der Waals surface area contributed by atoms with Crippen LogP contribution in [0.25, 0.3) is 0 Å². The smallest absolute Gasteiger partial charge is 0.100 e. The molecule has 1 N–H and O–H groups in total. The number of hydrogen-bond donors (Lipinski definition) is 1. The Morgan fingerprint density at radius 3 is 2.20 bits per heavy atom. The van der Waals surface area contributed by atoms with E-state index in [1.807, 2.05) is 6.92 Å². The molecule has 15 heavy (non-hydrogen) atoms. The summed E-state index contributed by atoms with van der Waals surface area (Å²) in [6.45, 7) is 2.65. The standard InChI is InChI=1S/C11H13NOS2/c1-2-13-12-11(9-5-3-7-14-9)10-6-4-8-15-10/h3-8,11-12H,2H2,1H3. The van der Waals surface area contributed by atoms with Gasteiger partial charge in [0, 0.05) is 9.75 Å². The molecule has 0 bridgehead atoms. The third-order valence-corrected chi connectivity index (χ3v) is 3.88. The van der Waals surface area contributed by atoms with E-state index in [4.69, 9.17) is 4.84 Å². The number of hydroxylamine groups is 1. The Labute approximate surface area is 97.5 Å². The molecule has 2 nitrogen and oxygen atoms in total. The third-order valence-electron chi connectivity index (χ3n) is 2.00. The molecule has 0 saturated heterocycles. The van der Waals surface area contributed by atoms with Gasteiger partial charge in [0.15, 0.2) is 0 Å². The van der Waals surface area contributed by atoms with E-state index >= 15 is 0 Å². The molecule has 2 aromatic rings. The third kappa shape index (κ3) is 2.66. The molecule has 0 amide bonds. The molecule has 0 radical (unpaired) electrons. The molecular formula is C11H13NOS2. The van der Waals surface area contributed by atoms with Gasteiger partial charge >= 0.3 is 0 Å². The van der Waals surface area contributed by atoms with Crippen LogP contribution in [-0.2, 0) is 4.84 Å². The molecule has 80 valence electrons. The second-order valence-electron chi connectivity index (χ2n) is 3.01. The van der Waals surface area contributed by atoms with Gasteiger partial charge in [-0.2, -0.15) is 5.48 Å². The van der Waals surface area contributed by atoms with Gasteiger partial charge in [-0.05, 0) is 29.8 Å². The van der Waals surface area contributed by atoms with E-state index in [0.29, 0.717) is 6.61 Å². The summed E-state index contributed by atoms with van der Waals surface area (Å²) in [4.78, 5) is 7.87. The Morgan fingerprint density at radius 1 is 1.20 bits per heavy atom. The van der Waals surface area contributed by atoms with Crippen LogP contribution in [0, 0.1) is 0 Å². The summed E-state index contributed by atoms with van der Waals surface area (Å²) in [5.41, 5.74) is 3.10. The zero-order valence-electron chi connectivity index (χ0n) is 8.47. The zero-order chi connectivity index (χ0) is 10.5. The summed E-state index contributed by atoms with van der Waals surface area (Å²) in [5, 5.41) is 4.17. The van der Waals surface area contributed by atoms with Crippen molar-refractivity contribution in [3.63, 3.8) is 0 Å². The number of hydrogen-bond acceptors (Lipinski definition) is 4. The highest BCUT2D eigenvalue weighted by atomic mass is 32.1. The monoisotopic (exact) mass is 239 g/mol. The Morgan fingerprint density at radius 2 is 1.80 bits per heavy atom. The van der Waals surface area contributed by atoms with E-state index in [2.05, 4.69) is 40.5 Å². The lowest BCUT2D eigenvalue weighted by atomic mass is 10.2. The van der Waals surface area contributed by atoms with Crippen molar-refractivity contribution in [1.82, 2.24) is 5.48 Å². The molecule has 0 aliphatic heterocycles. The first-order valence-corrected chi connectivity index (χ1v) is 6.62. The largest absolute Gasteiger partial charge is 0.301 e. The van der Waals surface area contributed by atoms with Gasteiger partial charge < -0.3 is 4.84 Å². The average Bonchev–Trinajstić information content (AvgIpc) is 2.90. The van der Waals surface area contributed by atoms with Crippen LogP contribution < -0.4 is 5.48 Å². The number of rotatable bonds is 5. The highest BCUT2D eigenvalue weighted by molar-refractivity contribution is 7.11. The van der Waals surface area contributed by atoms with Gasteiger partial charge in [0.05, 0.1) is 6.61 Å². The van der Waals surface area contributed by atoms with Crippen molar-refractivity contribution >= 4 is 22.7 Å². The second-order valence-corrected chi connectivity index (χ2v) is 4.97. The van der Waals surface area contributed by atoms with E-state index in [0.717, 1.165) is 0 Å². The van der Waals surface area contributed by atoms with Gasteiger partial charge in [-0.25, -0.2) is 0 Å². The molecule has 4 heteroatoms. The van der Waals surface area contributed by atoms with Crippen molar-refractivity contribution in [2.24, 2.45) is 0 Å². The molecule has 0 aliphatic carbocycles. The van der Waals surface area contributed by atoms with Gasteiger partial charge in [0.1, 0.15) is 6.04 Å². The molecule has 0 fully saturated rings. The fourth-order valence-corrected chi connectivity index (χ4v) is 2.97. The van der Waals surface area contributed by atoms with Gasteiger partial charge in [0.25, 0.3) is 0 Å². The quantitative estimate of drug-likeness (QED) is 0.807. The van der Waals surface area contributed by atoms with Crippen LogP contribution in [0.3, 0.4) is 0 Å². The van der Waals surface area contributed by atoms with Crippen LogP contribution in [0.5, 0.6) is 0 Å². The van der Waals surface area contributed by atoms with Crippen LogP contribution in [0.2, 0.25) is 0 Å². The normalized spacial score (nSPS) is 11.1. The maximum Gasteiger partial charge on any atom is 0.100 e. The van der Waals surface area contributed by atoms with Crippen LogP contribution in [0.15, 0.2) is 35.0 Å². The molecule has 2 rings (SSSR count). The molecule has 2 aromatic heterocycles. The van der Waals surface area contributed by atoms with E-state index in [1.165, 1.54) is 9.75 Å². The number of nitrogens with one attached hydrogen (secondary N) is 1. The molecule has 0 aliphatic rings. The maximum absolute atomic E-state index is 5.31. The van der Waals surface area contributed by atoms with E-state index in [9.17, 15) is 0 Å². The predicted octanol–water partition coefficient (Wildman–Crippen LogP) is 3.44. The minimum absolute atomic E-state index is 0.171. The average molecular weight is 239 g/mol. The molecular weight excluding hydrogens is 226 g/mol. The molecule has 0 spiro atoms. The first-order chi connectivity index (χ1) is 7.42. The van der Waals surface area contributed by atoms with E-state index in [1.54, 1.807) is 22.7 Å². The molecule has 2 heterocycles. The second kappa shape index (κ2) is 5.42. The lowest BCUT2D eigenvalue weighted by Gasteiger charge is -2.14. The van der Waals surface area contributed by atoms with Gasteiger partial charge in [0.2, 0.25) is 0 Å². The molecule has 0 unspecified atom stereocenters. The van der Waals surface area contributed by atoms with Crippen molar-refractivity contribution in [3.8, 4) is 0 Å². The fourth-order valence-electron chi connectivity index (χ4n) is 1.33. The van der Waals surface area contributed by atoms with Gasteiger partial charge in [-0.15, -0.1) is 22.7 Å². The van der Waals surface area contributed by atoms with Crippen molar-refractivity contribution < 1.29 is 4.84 Å². The molecule has 0 atom stereocenters. The Kier molecular flexibility index (Phi) is 3.91. The van der Waals surface area contributed by atoms with Crippen LogP contribution in [0.1, 0.15) is 22.7 Å². The Bertz CT molecular complexity index is 335. The number of thiophene rings is 2. The van der Waals surface area contributed by atoms with E-state index in [-0.39, 0.29) is 6.04 Å². The Hall–Kier alpha value is -0.680. The first-order valence-electron chi connectivity index (χ1n) is 4.86. The lowest BCUT2D eigenvalue weighted by molar-refractivity contribution is 0.0349. The first kappa shape index (κ1) is 10.8. The summed E-state index contributed by atoms with van der Waals surface area (Å²) in [6.07, 6.45) is 0. The van der Waals surface area contributed by atoms with Crippen molar-refractivity contribution in [2.75, 3.05) is 6.61 Å². The summed E-state index contributed by atoms with van der Waals surface area (Å²) >= 11 is 3.49. The lowest BCUT2D eigenvalue weighted by Crippen LogP contribution is -2.21. The van der Waals surface area contributed by atoms with Crippen LogP contribution >= 0.6 is 22.7 Å².